The number of likely N-dealkylation sites (tertiary alicyclic amines) is 1. The second kappa shape index (κ2) is 9.47. The first-order chi connectivity index (χ1) is 18.9. The highest BCUT2D eigenvalue weighted by Crippen LogP contribution is 2.65. The molecule has 8 heteroatoms. The standard InChI is InChI=1S/C31H33N3O5/c1-3-30-15-16-31(39-30)25(24(30)27(36)32-2)29(38)34(23(18-35)20-10-5-4-6-11-20)26(31)28(37)33-22-14-13-19-9-7-8-12-21(19)17-22/h4-14,17,23-26,35H,3,15-16,18H2,1-2H3,(H,32,36)(H,33,37)/t23-,24+,25+,26?,30-,31?/m1/s1. The molecule has 8 nitrogen and oxygen atoms in total. The van der Waals surface area contributed by atoms with Gasteiger partial charge in [0.1, 0.15) is 11.6 Å². The number of carbonyl (C=O) groups excluding carboxylic acids is 3. The Morgan fingerprint density at radius 2 is 1.74 bits per heavy atom. The molecule has 0 saturated carbocycles. The van der Waals surface area contributed by atoms with E-state index in [2.05, 4.69) is 10.6 Å². The van der Waals surface area contributed by atoms with Crippen LogP contribution in [0.15, 0.2) is 72.8 Å². The van der Waals surface area contributed by atoms with E-state index in [1.807, 2.05) is 79.7 Å². The molecule has 0 radical (unpaired) electrons. The zero-order valence-corrected chi connectivity index (χ0v) is 22.1. The molecule has 3 aromatic rings. The van der Waals surface area contributed by atoms with Crippen LogP contribution >= 0.6 is 0 Å². The second-order valence-corrected chi connectivity index (χ2v) is 10.9. The molecule has 0 aliphatic carbocycles. The lowest BCUT2D eigenvalue weighted by molar-refractivity contribution is -0.149. The number of ether oxygens (including phenoxy) is 1. The molecule has 3 saturated heterocycles. The van der Waals surface area contributed by atoms with Crippen molar-refractivity contribution in [2.75, 3.05) is 19.0 Å². The molecule has 3 amide bonds. The van der Waals surface area contributed by atoms with Crippen LogP contribution < -0.4 is 10.6 Å². The Morgan fingerprint density at radius 1 is 1.03 bits per heavy atom. The number of hydrogen-bond donors (Lipinski definition) is 3. The van der Waals surface area contributed by atoms with Crippen molar-refractivity contribution in [1.29, 1.82) is 0 Å². The van der Waals surface area contributed by atoms with Crippen molar-refractivity contribution in [2.24, 2.45) is 11.8 Å². The summed E-state index contributed by atoms with van der Waals surface area (Å²) in [4.78, 5) is 43.3. The summed E-state index contributed by atoms with van der Waals surface area (Å²) in [7, 11) is 1.56. The van der Waals surface area contributed by atoms with E-state index in [9.17, 15) is 19.5 Å². The molecule has 3 N–H and O–H groups in total. The van der Waals surface area contributed by atoms with Gasteiger partial charge in [0, 0.05) is 12.7 Å². The normalized spacial score (nSPS) is 29.9. The average molecular weight is 528 g/mol. The van der Waals surface area contributed by atoms with Crippen LogP contribution in [-0.2, 0) is 19.1 Å². The number of aliphatic hydroxyl groups excluding tert-OH is 1. The smallest absolute Gasteiger partial charge is 0.250 e. The molecular formula is C31H33N3O5. The topological polar surface area (TPSA) is 108 Å². The second-order valence-electron chi connectivity index (χ2n) is 10.9. The van der Waals surface area contributed by atoms with E-state index in [0.29, 0.717) is 30.5 Å². The molecule has 202 valence electrons. The average Bonchev–Trinajstić information content (AvgIpc) is 3.57. The van der Waals surface area contributed by atoms with E-state index in [-0.39, 0.29) is 24.3 Å². The minimum absolute atomic E-state index is 0.257. The molecule has 3 aliphatic rings. The van der Waals surface area contributed by atoms with Gasteiger partial charge in [-0.1, -0.05) is 67.6 Å². The van der Waals surface area contributed by atoms with E-state index in [0.717, 1.165) is 10.8 Å². The maximum atomic E-state index is 14.4. The van der Waals surface area contributed by atoms with Crippen LogP contribution in [0.1, 0.15) is 37.8 Å². The van der Waals surface area contributed by atoms with Crippen LogP contribution in [0.2, 0.25) is 0 Å². The summed E-state index contributed by atoms with van der Waals surface area (Å²) in [5.74, 6) is -2.52. The highest BCUT2D eigenvalue weighted by Gasteiger charge is 2.79. The van der Waals surface area contributed by atoms with Gasteiger partial charge in [0.05, 0.1) is 30.1 Å². The van der Waals surface area contributed by atoms with E-state index in [4.69, 9.17) is 4.74 Å². The minimum Gasteiger partial charge on any atom is -0.394 e. The summed E-state index contributed by atoms with van der Waals surface area (Å²) in [5.41, 5.74) is -0.667. The van der Waals surface area contributed by atoms with Gasteiger partial charge in [-0.25, -0.2) is 0 Å². The van der Waals surface area contributed by atoms with Crippen LogP contribution in [0.5, 0.6) is 0 Å². The lowest BCUT2D eigenvalue weighted by atomic mass is 9.65. The molecule has 2 unspecified atom stereocenters. The lowest BCUT2D eigenvalue weighted by Crippen LogP contribution is -2.54. The Bertz CT molecular complexity index is 1440. The Labute approximate surface area is 227 Å². The molecule has 3 aliphatic heterocycles. The summed E-state index contributed by atoms with van der Waals surface area (Å²) in [5, 5.41) is 18.4. The maximum Gasteiger partial charge on any atom is 0.250 e. The number of hydrogen-bond acceptors (Lipinski definition) is 5. The van der Waals surface area contributed by atoms with Crippen molar-refractivity contribution in [3.63, 3.8) is 0 Å². The van der Waals surface area contributed by atoms with Crippen molar-refractivity contribution in [3.05, 3.63) is 78.4 Å². The molecule has 3 fully saturated rings. The van der Waals surface area contributed by atoms with Crippen LogP contribution in [0.3, 0.4) is 0 Å². The first-order valence-corrected chi connectivity index (χ1v) is 13.6. The monoisotopic (exact) mass is 527 g/mol. The highest BCUT2D eigenvalue weighted by molar-refractivity contribution is 6.04. The van der Waals surface area contributed by atoms with Crippen molar-refractivity contribution in [2.45, 2.75) is 49.5 Å². The summed E-state index contributed by atoms with van der Waals surface area (Å²) < 4.78 is 6.76. The zero-order chi connectivity index (χ0) is 27.4. The first-order valence-electron chi connectivity index (χ1n) is 13.6. The summed E-state index contributed by atoms with van der Waals surface area (Å²) >= 11 is 0. The summed E-state index contributed by atoms with van der Waals surface area (Å²) in [6.45, 7) is 1.59. The fourth-order valence-electron chi connectivity index (χ4n) is 7.35. The number of nitrogens with zero attached hydrogens (tertiary/aromatic N) is 1. The molecule has 2 bridgehead atoms. The number of nitrogens with one attached hydrogen (secondary N) is 2. The Balaban J connectivity index is 1.46. The molecule has 0 aromatic heterocycles. The zero-order valence-electron chi connectivity index (χ0n) is 22.1. The van der Waals surface area contributed by atoms with E-state index >= 15 is 0 Å². The Morgan fingerprint density at radius 3 is 2.44 bits per heavy atom. The van der Waals surface area contributed by atoms with E-state index < -0.39 is 35.1 Å². The van der Waals surface area contributed by atoms with Gasteiger partial charge < -0.3 is 25.4 Å². The third-order valence-corrected chi connectivity index (χ3v) is 9.11. The summed E-state index contributed by atoms with van der Waals surface area (Å²) in [6.07, 6.45) is 1.61. The lowest BCUT2D eigenvalue weighted by Gasteiger charge is -2.37. The largest absolute Gasteiger partial charge is 0.394 e. The number of aliphatic hydroxyl groups is 1. The van der Waals surface area contributed by atoms with E-state index in [1.54, 1.807) is 7.05 Å². The van der Waals surface area contributed by atoms with Gasteiger partial charge in [0.25, 0.3) is 0 Å². The molecule has 6 atom stereocenters. The van der Waals surface area contributed by atoms with Crippen molar-refractivity contribution in [3.8, 4) is 0 Å². The number of rotatable bonds is 7. The Hall–Kier alpha value is -3.75. The van der Waals surface area contributed by atoms with Crippen LogP contribution in [-0.4, -0.2) is 58.6 Å². The van der Waals surface area contributed by atoms with Gasteiger partial charge in [0.15, 0.2) is 0 Å². The van der Waals surface area contributed by atoms with Crippen LogP contribution in [0.4, 0.5) is 5.69 Å². The van der Waals surface area contributed by atoms with Gasteiger partial charge in [-0.2, -0.15) is 0 Å². The number of anilines is 1. The predicted octanol–water partition coefficient (Wildman–Crippen LogP) is 3.41. The van der Waals surface area contributed by atoms with Crippen molar-refractivity contribution in [1.82, 2.24) is 10.2 Å². The summed E-state index contributed by atoms with van der Waals surface area (Å²) in [6, 6.07) is 21.0. The van der Waals surface area contributed by atoms with Gasteiger partial charge in [0.2, 0.25) is 17.7 Å². The fraction of sp³-hybridized carbons (Fsp3) is 0.387. The fourth-order valence-corrected chi connectivity index (χ4v) is 7.35. The third-order valence-electron chi connectivity index (χ3n) is 9.11. The van der Waals surface area contributed by atoms with Gasteiger partial charge in [-0.3, -0.25) is 14.4 Å². The van der Waals surface area contributed by atoms with E-state index in [1.165, 1.54) is 4.90 Å². The van der Waals surface area contributed by atoms with Crippen LogP contribution in [0, 0.1) is 11.8 Å². The van der Waals surface area contributed by atoms with Gasteiger partial charge >= 0.3 is 0 Å². The molecule has 39 heavy (non-hydrogen) atoms. The number of benzene rings is 3. The minimum atomic E-state index is -1.17. The van der Waals surface area contributed by atoms with Gasteiger partial charge in [-0.15, -0.1) is 0 Å². The molecule has 6 rings (SSSR count). The quantitative estimate of drug-likeness (QED) is 0.437. The molecular weight excluding hydrogens is 494 g/mol. The third kappa shape index (κ3) is 3.69. The van der Waals surface area contributed by atoms with Gasteiger partial charge in [-0.05, 0) is 47.7 Å². The highest BCUT2D eigenvalue weighted by atomic mass is 16.5. The predicted molar refractivity (Wildman–Crippen MR) is 147 cm³/mol. The number of amides is 3. The molecule has 3 aromatic carbocycles. The SMILES string of the molecule is CC[C@]12CCC3(O1)C(C(=O)Nc1ccc4ccccc4c1)N([C@H](CO)c1ccccc1)C(=O)[C@@H]3[C@H]2C(=O)NC. The maximum absolute atomic E-state index is 14.4. The molecule has 1 spiro atoms. The molecule has 3 heterocycles. The number of fused-ring (bicyclic) bond motifs is 2. The van der Waals surface area contributed by atoms with Crippen molar-refractivity contribution < 1.29 is 24.2 Å². The van der Waals surface area contributed by atoms with Crippen LogP contribution in [0.25, 0.3) is 10.8 Å². The first kappa shape index (κ1) is 25.5. The van der Waals surface area contributed by atoms with Crippen molar-refractivity contribution >= 4 is 34.2 Å². The Kier molecular flexibility index (Phi) is 6.19. The number of carbonyl (C=O) groups is 3.